The number of likely N-dealkylation sites (tertiary alicyclic amines) is 1. The molecule has 1 fully saturated rings. The molecule has 0 aromatic heterocycles. The summed E-state index contributed by atoms with van der Waals surface area (Å²) < 4.78 is 0.952. The molecular weight excluding hydrogens is 332 g/mol. The molecule has 0 bridgehead atoms. The molecule has 0 N–H and O–H groups in total. The maximum absolute atomic E-state index is 12.4. The lowest BCUT2D eigenvalue weighted by Gasteiger charge is -2.26. The Morgan fingerprint density at radius 2 is 1.67 bits per heavy atom. The number of amides is 2. The molecule has 4 nitrogen and oxygen atoms in total. The van der Waals surface area contributed by atoms with Crippen molar-refractivity contribution in [1.29, 1.82) is 0 Å². The van der Waals surface area contributed by atoms with Gasteiger partial charge in [-0.1, -0.05) is 28.8 Å². The molecule has 1 heterocycles. The van der Waals surface area contributed by atoms with E-state index in [1.54, 1.807) is 4.90 Å². The number of rotatable bonds is 3. The first-order valence-corrected chi connectivity index (χ1v) is 8.18. The summed E-state index contributed by atoms with van der Waals surface area (Å²) in [7, 11) is 0. The summed E-state index contributed by atoms with van der Waals surface area (Å²) in [5, 5.41) is 0. The Bertz CT molecular complexity index is 494. The molecule has 1 aromatic carbocycles. The molecule has 1 saturated heterocycles. The van der Waals surface area contributed by atoms with Crippen molar-refractivity contribution < 1.29 is 9.59 Å². The highest BCUT2D eigenvalue weighted by Crippen LogP contribution is 2.19. The van der Waals surface area contributed by atoms with Crippen LogP contribution in [0.5, 0.6) is 0 Å². The fourth-order valence-corrected chi connectivity index (χ4v) is 2.83. The maximum atomic E-state index is 12.4. The van der Waals surface area contributed by atoms with E-state index in [1.807, 2.05) is 29.2 Å². The predicted molar refractivity (Wildman–Crippen MR) is 87.2 cm³/mol. The number of hydrogen-bond donors (Lipinski definition) is 0. The minimum atomic E-state index is -0.111. The first kappa shape index (κ1) is 16.0. The predicted octanol–water partition coefficient (Wildman–Crippen LogP) is 3.20. The Kier molecular flexibility index (Phi) is 5.79. The van der Waals surface area contributed by atoms with Crippen LogP contribution in [0.1, 0.15) is 32.6 Å². The van der Waals surface area contributed by atoms with Crippen LogP contribution >= 0.6 is 15.9 Å². The number of anilines is 1. The smallest absolute Gasteiger partial charge is 0.242 e. The van der Waals surface area contributed by atoms with Gasteiger partial charge in [0.15, 0.2) is 0 Å². The Hall–Kier alpha value is -1.36. The van der Waals surface area contributed by atoms with Gasteiger partial charge in [-0.2, -0.15) is 0 Å². The summed E-state index contributed by atoms with van der Waals surface area (Å²) in [6.07, 6.45) is 4.49. The van der Waals surface area contributed by atoms with Crippen LogP contribution in [0.3, 0.4) is 0 Å². The van der Waals surface area contributed by atoms with Crippen LogP contribution in [0.15, 0.2) is 28.7 Å². The molecule has 0 radical (unpaired) electrons. The molecule has 1 aromatic rings. The zero-order valence-electron chi connectivity index (χ0n) is 12.3. The molecule has 0 spiro atoms. The van der Waals surface area contributed by atoms with Gasteiger partial charge in [0.25, 0.3) is 0 Å². The molecule has 0 saturated carbocycles. The van der Waals surface area contributed by atoms with Crippen LogP contribution in [-0.2, 0) is 9.59 Å². The molecule has 0 atom stereocenters. The number of benzene rings is 1. The highest BCUT2D eigenvalue weighted by molar-refractivity contribution is 9.10. The summed E-state index contributed by atoms with van der Waals surface area (Å²) in [5.74, 6) is -0.0736. The van der Waals surface area contributed by atoms with Gasteiger partial charge in [-0.05, 0) is 37.1 Å². The van der Waals surface area contributed by atoms with Crippen LogP contribution in [0.25, 0.3) is 0 Å². The van der Waals surface area contributed by atoms with Gasteiger partial charge in [-0.3, -0.25) is 9.59 Å². The van der Waals surface area contributed by atoms with Crippen LogP contribution in [-0.4, -0.2) is 36.3 Å². The lowest BCUT2D eigenvalue weighted by atomic mass is 10.2. The van der Waals surface area contributed by atoms with E-state index in [0.717, 1.165) is 36.1 Å². The molecule has 2 amide bonds. The lowest BCUT2D eigenvalue weighted by Crippen LogP contribution is -2.42. The molecule has 1 aliphatic heterocycles. The van der Waals surface area contributed by atoms with Crippen molar-refractivity contribution in [3.05, 3.63) is 28.7 Å². The molecule has 21 heavy (non-hydrogen) atoms. The van der Waals surface area contributed by atoms with Crippen molar-refractivity contribution in [3.63, 3.8) is 0 Å². The molecule has 5 heteroatoms. The van der Waals surface area contributed by atoms with E-state index in [4.69, 9.17) is 0 Å². The number of hydrogen-bond acceptors (Lipinski definition) is 2. The third kappa shape index (κ3) is 4.56. The Morgan fingerprint density at radius 1 is 1.10 bits per heavy atom. The third-order valence-corrected chi connectivity index (χ3v) is 4.30. The molecular formula is C16H21BrN2O2. The van der Waals surface area contributed by atoms with Crippen LogP contribution in [0.2, 0.25) is 0 Å². The summed E-state index contributed by atoms with van der Waals surface area (Å²) >= 11 is 3.38. The van der Waals surface area contributed by atoms with Gasteiger partial charge in [0.05, 0.1) is 0 Å². The van der Waals surface area contributed by atoms with Crippen molar-refractivity contribution in [3.8, 4) is 0 Å². The summed E-state index contributed by atoms with van der Waals surface area (Å²) in [5.41, 5.74) is 0.758. The van der Waals surface area contributed by atoms with Crippen LogP contribution in [0, 0.1) is 0 Å². The first-order valence-electron chi connectivity index (χ1n) is 7.39. The standard InChI is InChI=1S/C16H21BrN2O2/c1-13(20)19(15-8-6-14(17)7-9-15)12-16(21)18-10-4-2-3-5-11-18/h6-9H,2-5,10-12H2,1H3. The van der Waals surface area contributed by atoms with Gasteiger partial charge in [-0.15, -0.1) is 0 Å². The highest BCUT2D eigenvalue weighted by atomic mass is 79.9. The van der Waals surface area contributed by atoms with Gasteiger partial charge >= 0.3 is 0 Å². The number of carbonyl (C=O) groups excluding carboxylic acids is 2. The van der Waals surface area contributed by atoms with Crippen molar-refractivity contribution in [2.45, 2.75) is 32.6 Å². The molecule has 2 rings (SSSR count). The number of carbonyl (C=O) groups is 2. The van der Waals surface area contributed by atoms with E-state index in [9.17, 15) is 9.59 Å². The van der Waals surface area contributed by atoms with E-state index in [2.05, 4.69) is 15.9 Å². The molecule has 0 aliphatic carbocycles. The van der Waals surface area contributed by atoms with Crippen molar-refractivity contribution in [2.75, 3.05) is 24.5 Å². The summed E-state index contributed by atoms with van der Waals surface area (Å²) in [6, 6.07) is 7.45. The Labute approximate surface area is 134 Å². The fourth-order valence-electron chi connectivity index (χ4n) is 2.56. The lowest BCUT2D eigenvalue weighted by molar-refractivity contribution is -0.131. The van der Waals surface area contributed by atoms with Crippen molar-refractivity contribution in [2.24, 2.45) is 0 Å². The minimum Gasteiger partial charge on any atom is -0.341 e. The monoisotopic (exact) mass is 352 g/mol. The van der Waals surface area contributed by atoms with Gasteiger partial charge in [-0.25, -0.2) is 0 Å². The SMILES string of the molecule is CC(=O)N(CC(=O)N1CCCCCC1)c1ccc(Br)cc1. The largest absolute Gasteiger partial charge is 0.341 e. The minimum absolute atomic E-state index is 0.0371. The zero-order valence-corrected chi connectivity index (χ0v) is 13.9. The second kappa shape index (κ2) is 7.59. The summed E-state index contributed by atoms with van der Waals surface area (Å²) in [4.78, 5) is 27.7. The fraction of sp³-hybridized carbons (Fsp3) is 0.500. The topological polar surface area (TPSA) is 40.6 Å². The molecule has 114 valence electrons. The number of halogens is 1. The maximum Gasteiger partial charge on any atom is 0.242 e. The molecule has 0 unspecified atom stereocenters. The van der Waals surface area contributed by atoms with E-state index in [0.29, 0.717) is 0 Å². The van der Waals surface area contributed by atoms with Gasteiger partial charge in [0.1, 0.15) is 6.54 Å². The molecule has 1 aliphatic rings. The van der Waals surface area contributed by atoms with Crippen molar-refractivity contribution in [1.82, 2.24) is 4.90 Å². The van der Waals surface area contributed by atoms with E-state index in [1.165, 1.54) is 19.8 Å². The first-order chi connectivity index (χ1) is 10.1. The number of nitrogens with zero attached hydrogens (tertiary/aromatic N) is 2. The quantitative estimate of drug-likeness (QED) is 0.837. The second-order valence-corrected chi connectivity index (χ2v) is 6.29. The average Bonchev–Trinajstić information content (AvgIpc) is 2.74. The van der Waals surface area contributed by atoms with E-state index in [-0.39, 0.29) is 18.4 Å². The van der Waals surface area contributed by atoms with E-state index < -0.39 is 0 Å². The van der Waals surface area contributed by atoms with Gasteiger partial charge in [0, 0.05) is 30.2 Å². The second-order valence-electron chi connectivity index (χ2n) is 5.38. The van der Waals surface area contributed by atoms with E-state index >= 15 is 0 Å². The highest BCUT2D eigenvalue weighted by Gasteiger charge is 2.21. The Balaban J connectivity index is 2.06. The van der Waals surface area contributed by atoms with Gasteiger partial charge in [0.2, 0.25) is 11.8 Å². The normalized spacial score (nSPS) is 15.4. The Morgan fingerprint density at radius 3 is 2.19 bits per heavy atom. The average molecular weight is 353 g/mol. The zero-order chi connectivity index (χ0) is 15.2. The van der Waals surface area contributed by atoms with Crippen LogP contribution in [0.4, 0.5) is 5.69 Å². The summed E-state index contributed by atoms with van der Waals surface area (Å²) in [6.45, 7) is 3.24. The third-order valence-electron chi connectivity index (χ3n) is 3.77. The van der Waals surface area contributed by atoms with Crippen LogP contribution < -0.4 is 4.90 Å². The van der Waals surface area contributed by atoms with Gasteiger partial charge < -0.3 is 9.80 Å². The van der Waals surface area contributed by atoms with Crippen molar-refractivity contribution >= 4 is 33.4 Å².